The number of aliphatic imine (C=N–C) groups is 2. The molecule has 0 fully saturated rings. The lowest BCUT2D eigenvalue weighted by Gasteiger charge is -2.24. The van der Waals surface area contributed by atoms with E-state index in [1.54, 1.807) is 0 Å². The van der Waals surface area contributed by atoms with Crippen molar-refractivity contribution in [1.82, 2.24) is 5.32 Å². The molecular weight excluding hydrogens is 615 g/mol. The van der Waals surface area contributed by atoms with Crippen LogP contribution in [0.3, 0.4) is 0 Å². The molecule has 0 saturated heterocycles. The van der Waals surface area contributed by atoms with E-state index in [0.717, 1.165) is 90.0 Å². The van der Waals surface area contributed by atoms with Crippen molar-refractivity contribution in [2.45, 2.75) is 6.17 Å². The maximum absolute atomic E-state index is 6.53. The summed E-state index contributed by atoms with van der Waals surface area (Å²) in [6.45, 7) is 0. The second-order valence-electron chi connectivity index (χ2n) is 12.6. The van der Waals surface area contributed by atoms with Gasteiger partial charge in [-0.3, -0.25) is 0 Å². The van der Waals surface area contributed by atoms with Crippen molar-refractivity contribution in [3.63, 3.8) is 0 Å². The molecule has 10 rings (SSSR count). The normalized spacial score (nSPS) is 14.9. The van der Waals surface area contributed by atoms with E-state index in [1.807, 2.05) is 54.6 Å². The summed E-state index contributed by atoms with van der Waals surface area (Å²) in [6.07, 6.45) is -0.336. The molecule has 0 aliphatic carbocycles. The molecule has 236 valence electrons. The van der Waals surface area contributed by atoms with Gasteiger partial charge in [-0.25, -0.2) is 9.98 Å². The molecule has 1 N–H and O–H groups in total. The topological polar surface area (TPSA) is 55.2 Å². The van der Waals surface area contributed by atoms with E-state index in [1.165, 1.54) is 0 Å². The Balaban J connectivity index is 1.11. The van der Waals surface area contributed by atoms with Crippen LogP contribution in [-0.4, -0.2) is 11.7 Å². The first-order valence-electron chi connectivity index (χ1n) is 16.8. The average Bonchev–Trinajstić information content (AvgIpc) is 3.42. The number of amidine groups is 2. The SMILES string of the molecule is c1ccc(C2N=C(c3ccc4c(c3)-c3ccccc3-c3ccccc3O4)N=C(c3ccc4c(c3)-c3ccccc3-c3ccccc3O4)N2)cc1. The molecule has 0 radical (unpaired) electrons. The molecule has 0 spiro atoms. The molecule has 0 amide bonds. The molecule has 7 aromatic rings. The van der Waals surface area contributed by atoms with Crippen molar-refractivity contribution in [2.24, 2.45) is 9.98 Å². The molecule has 50 heavy (non-hydrogen) atoms. The largest absolute Gasteiger partial charge is 0.456 e. The Morgan fingerprint density at radius 3 is 1.42 bits per heavy atom. The predicted molar refractivity (Wildman–Crippen MR) is 200 cm³/mol. The molecule has 0 bridgehead atoms. The van der Waals surface area contributed by atoms with Gasteiger partial charge in [-0.05, 0) is 76.3 Å². The smallest absolute Gasteiger partial charge is 0.159 e. The lowest BCUT2D eigenvalue weighted by atomic mass is 9.93. The Hall–Kier alpha value is -6.72. The molecule has 7 aromatic carbocycles. The van der Waals surface area contributed by atoms with Gasteiger partial charge in [-0.2, -0.15) is 0 Å². The molecular formula is C45H29N3O2. The number of hydrogen-bond acceptors (Lipinski definition) is 5. The van der Waals surface area contributed by atoms with Crippen LogP contribution in [0.4, 0.5) is 0 Å². The molecule has 5 nitrogen and oxygen atoms in total. The van der Waals surface area contributed by atoms with Gasteiger partial charge >= 0.3 is 0 Å². The second-order valence-corrected chi connectivity index (χ2v) is 12.6. The fourth-order valence-corrected chi connectivity index (χ4v) is 7.18. The zero-order valence-corrected chi connectivity index (χ0v) is 26.9. The number of benzene rings is 7. The third-order valence-corrected chi connectivity index (χ3v) is 9.58. The second kappa shape index (κ2) is 11.5. The zero-order chi connectivity index (χ0) is 33.0. The Morgan fingerprint density at radius 1 is 0.400 bits per heavy atom. The maximum atomic E-state index is 6.53. The summed E-state index contributed by atoms with van der Waals surface area (Å²) in [6, 6.07) is 56.2. The van der Waals surface area contributed by atoms with E-state index in [-0.39, 0.29) is 6.17 Å². The third-order valence-electron chi connectivity index (χ3n) is 9.58. The molecule has 3 aliphatic rings. The van der Waals surface area contributed by atoms with Crippen molar-refractivity contribution in [3.8, 4) is 67.5 Å². The van der Waals surface area contributed by atoms with Crippen LogP contribution in [0, 0.1) is 0 Å². The minimum Gasteiger partial charge on any atom is -0.456 e. The van der Waals surface area contributed by atoms with E-state index in [2.05, 4.69) is 115 Å². The Labute approximate surface area is 289 Å². The summed E-state index contributed by atoms with van der Waals surface area (Å²) < 4.78 is 13.1. The van der Waals surface area contributed by atoms with Gasteiger partial charge in [0.15, 0.2) is 5.84 Å². The van der Waals surface area contributed by atoms with Crippen LogP contribution < -0.4 is 14.8 Å². The van der Waals surface area contributed by atoms with Gasteiger partial charge in [0.2, 0.25) is 0 Å². The summed E-state index contributed by atoms with van der Waals surface area (Å²) in [7, 11) is 0. The van der Waals surface area contributed by atoms with Crippen LogP contribution >= 0.6 is 0 Å². The molecule has 3 aliphatic heterocycles. The molecule has 5 heteroatoms. The Morgan fingerprint density at radius 2 is 0.840 bits per heavy atom. The highest BCUT2D eigenvalue weighted by Gasteiger charge is 2.26. The quantitative estimate of drug-likeness (QED) is 0.208. The lowest BCUT2D eigenvalue weighted by molar-refractivity contribution is 0.487. The minimum absolute atomic E-state index is 0.336. The maximum Gasteiger partial charge on any atom is 0.159 e. The number of para-hydroxylation sites is 2. The minimum atomic E-state index is -0.336. The van der Waals surface area contributed by atoms with Crippen molar-refractivity contribution < 1.29 is 9.47 Å². The summed E-state index contributed by atoms with van der Waals surface area (Å²) in [4.78, 5) is 10.4. The molecule has 1 atom stereocenters. The van der Waals surface area contributed by atoms with Crippen molar-refractivity contribution in [1.29, 1.82) is 0 Å². The highest BCUT2D eigenvalue weighted by molar-refractivity contribution is 6.14. The van der Waals surface area contributed by atoms with Crippen molar-refractivity contribution in [2.75, 3.05) is 0 Å². The molecule has 0 saturated carbocycles. The van der Waals surface area contributed by atoms with Crippen LogP contribution in [0.2, 0.25) is 0 Å². The summed E-state index contributed by atoms with van der Waals surface area (Å²) in [5.74, 6) is 4.68. The van der Waals surface area contributed by atoms with Gasteiger partial charge in [-0.15, -0.1) is 0 Å². The van der Waals surface area contributed by atoms with E-state index < -0.39 is 0 Å². The number of nitrogens with one attached hydrogen (secondary N) is 1. The van der Waals surface area contributed by atoms with Crippen molar-refractivity contribution in [3.05, 3.63) is 180 Å². The number of fused-ring (bicyclic) bond motifs is 10. The lowest BCUT2D eigenvalue weighted by Crippen LogP contribution is -2.33. The van der Waals surface area contributed by atoms with Crippen LogP contribution in [-0.2, 0) is 0 Å². The summed E-state index contributed by atoms with van der Waals surface area (Å²) in [5.41, 5.74) is 11.6. The highest BCUT2D eigenvalue weighted by Crippen LogP contribution is 2.48. The van der Waals surface area contributed by atoms with E-state index in [4.69, 9.17) is 19.5 Å². The Kier molecular flexibility index (Phi) is 6.49. The zero-order valence-electron chi connectivity index (χ0n) is 26.9. The monoisotopic (exact) mass is 643 g/mol. The van der Waals surface area contributed by atoms with Crippen LogP contribution in [0.1, 0.15) is 22.9 Å². The van der Waals surface area contributed by atoms with Gasteiger partial charge in [0.1, 0.15) is 35.0 Å². The highest BCUT2D eigenvalue weighted by atomic mass is 16.5. The number of ether oxygens (including phenoxy) is 2. The fourth-order valence-electron chi connectivity index (χ4n) is 7.18. The first kappa shape index (κ1) is 28.3. The molecule has 0 aromatic heterocycles. The van der Waals surface area contributed by atoms with Crippen LogP contribution in [0.5, 0.6) is 23.0 Å². The summed E-state index contributed by atoms with van der Waals surface area (Å²) in [5, 5.41) is 3.65. The first-order chi connectivity index (χ1) is 24.8. The van der Waals surface area contributed by atoms with Crippen molar-refractivity contribution >= 4 is 11.7 Å². The number of nitrogens with zero attached hydrogens (tertiary/aromatic N) is 2. The van der Waals surface area contributed by atoms with Gasteiger partial charge in [0.25, 0.3) is 0 Å². The summed E-state index contributed by atoms with van der Waals surface area (Å²) >= 11 is 0. The van der Waals surface area contributed by atoms with Gasteiger partial charge in [0, 0.05) is 33.4 Å². The van der Waals surface area contributed by atoms with Crippen LogP contribution in [0.15, 0.2) is 174 Å². The molecule has 3 heterocycles. The van der Waals surface area contributed by atoms with Gasteiger partial charge < -0.3 is 14.8 Å². The average molecular weight is 644 g/mol. The third kappa shape index (κ3) is 4.71. The first-order valence-corrected chi connectivity index (χ1v) is 16.8. The van der Waals surface area contributed by atoms with E-state index in [9.17, 15) is 0 Å². The van der Waals surface area contributed by atoms with Gasteiger partial charge in [0.05, 0.1) is 0 Å². The number of rotatable bonds is 3. The van der Waals surface area contributed by atoms with Crippen LogP contribution in [0.25, 0.3) is 44.5 Å². The van der Waals surface area contributed by atoms with E-state index >= 15 is 0 Å². The van der Waals surface area contributed by atoms with Gasteiger partial charge in [-0.1, -0.05) is 115 Å². The van der Waals surface area contributed by atoms with E-state index in [0.29, 0.717) is 5.84 Å². The standard InChI is InChI=1S/C45H29N3O2/c1-2-12-28(13-3-1)43-46-44(29-22-24-41-37(26-29)33-16-6-4-14-31(33)35-18-8-10-20-39(35)49-41)48-45(47-43)30-23-25-42-38(27-30)34-17-7-5-15-32(34)36-19-9-11-21-40(36)50-42/h1-27,43H,(H,46,47,48). The molecule has 1 unspecified atom stereocenters. The number of hydrogen-bond donors (Lipinski definition) is 1. The predicted octanol–water partition coefficient (Wildman–Crippen LogP) is 11.1. The fraction of sp³-hybridized carbons (Fsp3) is 0.0222. The Bertz CT molecular complexity index is 2540.